The van der Waals surface area contributed by atoms with Crippen LogP contribution in [0, 0.1) is 0 Å². The van der Waals surface area contributed by atoms with Crippen LogP contribution in [0.5, 0.6) is 0 Å². The van der Waals surface area contributed by atoms with Crippen LogP contribution in [-0.2, 0) is 21.1 Å². The summed E-state index contributed by atoms with van der Waals surface area (Å²) in [7, 11) is -3.02. The first-order valence-electron chi connectivity index (χ1n) is 8.49. The van der Waals surface area contributed by atoms with E-state index in [0.717, 1.165) is 5.82 Å². The number of nitrogens with one attached hydrogen (secondary N) is 1. The quantitative estimate of drug-likeness (QED) is 0.696. The van der Waals surface area contributed by atoms with Gasteiger partial charge in [-0.15, -0.1) is 16.4 Å². The molecule has 1 N–H and O–H groups in total. The smallest absolute Gasteiger partial charge is 0.236 e. The van der Waals surface area contributed by atoms with Gasteiger partial charge in [-0.25, -0.2) is 13.4 Å². The zero-order valence-electron chi connectivity index (χ0n) is 14.7. The molecule has 0 spiro atoms. The van der Waals surface area contributed by atoms with E-state index in [9.17, 15) is 13.2 Å². The lowest BCUT2D eigenvalue weighted by atomic mass is 10.2. The Morgan fingerprint density at radius 3 is 2.96 bits per heavy atom. The summed E-state index contributed by atoms with van der Waals surface area (Å²) in [4.78, 5) is 20.1. The van der Waals surface area contributed by atoms with Crippen LogP contribution in [-0.4, -0.2) is 63.7 Å². The third-order valence-corrected chi connectivity index (χ3v) is 7.91. The molecule has 1 amide bonds. The van der Waals surface area contributed by atoms with Crippen molar-refractivity contribution in [3.8, 4) is 0 Å². The van der Waals surface area contributed by atoms with Crippen molar-refractivity contribution >= 4 is 38.8 Å². The Hall–Kier alpha value is -1.39. The Balaban J connectivity index is 1.60. The van der Waals surface area contributed by atoms with Crippen LogP contribution in [0.25, 0.3) is 0 Å². The minimum absolute atomic E-state index is 0.0651. The predicted molar refractivity (Wildman–Crippen MR) is 103 cm³/mol. The average Bonchev–Trinajstić information content (AvgIpc) is 3.31. The number of thioether (sulfide) groups is 1. The third kappa shape index (κ3) is 4.66. The van der Waals surface area contributed by atoms with Gasteiger partial charge in [0.05, 0.1) is 16.8 Å². The van der Waals surface area contributed by atoms with Crippen LogP contribution in [0.4, 0.5) is 0 Å². The highest BCUT2D eigenvalue weighted by molar-refractivity contribution is 8.00. The second kappa shape index (κ2) is 8.10. The maximum Gasteiger partial charge on any atom is 0.236 e. The van der Waals surface area contributed by atoms with Crippen molar-refractivity contribution in [3.05, 3.63) is 28.2 Å². The van der Waals surface area contributed by atoms with Gasteiger partial charge in [0.2, 0.25) is 11.1 Å². The highest BCUT2D eigenvalue weighted by Crippen LogP contribution is 2.25. The summed E-state index contributed by atoms with van der Waals surface area (Å²) in [5, 5.41) is 9.29. The van der Waals surface area contributed by atoms with E-state index < -0.39 is 9.84 Å². The molecule has 2 atom stereocenters. The second-order valence-corrected chi connectivity index (χ2v) is 10.8. The number of hydrogen-bond acceptors (Lipinski definition) is 7. The van der Waals surface area contributed by atoms with Gasteiger partial charge >= 0.3 is 0 Å². The molecule has 0 saturated carbocycles. The predicted octanol–water partition coefficient (Wildman–Crippen LogP) is 1.97. The molecule has 142 valence electrons. The highest BCUT2D eigenvalue weighted by atomic mass is 32.2. The molecule has 3 heterocycles. The van der Waals surface area contributed by atoms with Crippen molar-refractivity contribution in [1.29, 1.82) is 0 Å². The summed E-state index contributed by atoms with van der Waals surface area (Å²) in [5.74, 6) is 0.930. The van der Waals surface area contributed by atoms with E-state index in [4.69, 9.17) is 0 Å². The Kier molecular flexibility index (Phi) is 6.03. The molecule has 1 fully saturated rings. The number of carbonyl (C=O) groups excluding carboxylic acids is 1. The topological polar surface area (TPSA) is 96.0 Å². The van der Waals surface area contributed by atoms with E-state index in [1.54, 1.807) is 16.2 Å². The van der Waals surface area contributed by atoms with Crippen molar-refractivity contribution in [2.24, 2.45) is 0 Å². The summed E-state index contributed by atoms with van der Waals surface area (Å²) in [6, 6.07) is 3.82. The summed E-state index contributed by atoms with van der Waals surface area (Å²) in [5.41, 5.74) is 0. The Labute approximate surface area is 161 Å². The number of sulfone groups is 1. The molecule has 0 aromatic carbocycles. The van der Waals surface area contributed by atoms with Gasteiger partial charge in [0.1, 0.15) is 5.82 Å². The lowest BCUT2D eigenvalue weighted by Crippen LogP contribution is -2.44. The summed E-state index contributed by atoms with van der Waals surface area (Å²) in [6.07, 6.45) is 1.21. The number of amides is 1. The van der Waals surface area contributed by atoms with E-state index in [1.165, 1.54) is 16.6 Å². The number of nitrogens with zero attached hydrogens (tertiary/aromatic N) is 3. The molecule has 2 aromatic rings. The van der Waals surface area contributed by atoms with Gasteiger partial charge in [-0.1, -0.05) is 17.8 Å². The summed E-state index contributed by atoms with van der Waals surface area (Å²) >= 11 is 2.96. The molecule has 2 unspecified atom stereocenters. The van der Waals surface area contributed by atoms with Crippen LogP contribution >= 0.6 is 23.1 Å². The van der Waals surface area contributed by atoms with Gasteiger partial charge < -0.3 is 4.90 Å². The van der Waals surface area contributed by atoms with Crippen molar-refractivity contribution in [2.45, 2.75) is 43.1 Å². The Morgan fingerprint density at radius 2 is 2.35 bits per heavy atom. The van der Waals surface area contributed by atoms with E-state index >= 15 is 0 Å². The first-order chi connectivity index (χ1) is 12.4. The zero-order valence-corrected chi connectivity index (χ0v) is 17.2. The SMILES string of the molecule is CCN(C(=O)C(C)Sc1n[nH]c(Cc2cccs2)n1)C1CCS(=O)(=O)C1. The minimum Gasteiger partial charge on any atom is -0.338 e. The third-order valence-electron chi connectivity index (χ3n) is 4.34. The van der Waals surface area contributed by atoms with Crippen molar-refractivity contribution in [3.63, 3.8) is 0 Å². The summed E-state index contributed by atoms with van der Waals surface area (Å²) < 4.78 is 23.4. The van der Waals surface area contributed by atoms with E-state index in [2.05, 4.69) is 15.2 Å². The first kappa shape index (κ1) is 19.4. The first-order valence-corrected chi connectivity index (χ1v) is 12.1. The maximum absolute atomic E-state index is 12.8. The number of carbonyl (C=O) groups is 1. The molecule has 0 radical (unpaired) electrons. The minimum atomic E-state index is -3.02. The molecule has 3 rings (SSSR count). The summed E-state index contributed by atoms with van der Waals surface area (Å²) in [6.45, 7) is 4.20. The van der Waals surface area contributed by atoms with Crippen LogP contribution in [0.15, 0.2) is 22.7 Å². The van der Waals surface area contributed by atoms with Crippen LogP contribution in [0.3, 0.4) is 0 Å². The molecule has 2 aromatic heterocycles. The van der Waals surface area contributed by atoms with E-state index in [0.29, 0.717) is 24.5 Å². The van der Waals surface area contributed by atoms with Crippen LogP contribution < -0.4 is 0 Å². The fraction of sp³-hybridized carbons (Fsp3) is 0.562. The van der Waals surface area contributed by atoms with Gasteiger partial charge in [0.15, 0.2) is 9.84 Å². The van der Waals surface area contributed by atoms with Gasteiger partial charge in [-0.3, -0.25) is 9.89 Å². The van der Waals surface area contributed by atoms with Gasteiger partial charge in [0.25, 0.3) is 0 Å². The average molecular weight is 415 g/mol. The standard InChI is InChI=1S/C16H22N4O3S3/c1-3-20(12-6-8-26(22,23)10-12)15(21)11(2)25-16-17-14(18-19-16)9-13-5-4-7-24-13/h4-5,7,11-12H,3,6,8-10H2,1-2H3,(H,17,18,19). The number of hydrogen-bond donors (Lipinski definition) is 1. The number of aromatic nitrogens is 3. The molecular weight excluding hydrogens is 392 g/mol. The zero-order chi connectivity index (χ0) is 18.7. The molecule has 7 nitrogen and oxygen atoms in total. The highest BCUT2D eigenvalue weighted by Gasteiger charge is 2.35. The monoisotopic (exact) mass is 414 g/mol. The van der Waals surface area contributed by atoms with Crippen LogP contribution in [0.2, 0.25) is 0 Å². The molecular formula is C16H22N4O3S3. The number of aromatic amines is 1. The van der Waals surface area contributed by atoms with E-state index in [-0.39, 0.29) is 28.7 Å². The lowest BCUT2D eigenvalue weighted by molar-refractivity contribution is -0.131. The van der Waals surface area contributed by atoms with E-state index in [1.807, 2.05) is 31.4 Å². The Morgan fingerprint density at radius 1 is 1.54 bits per heavy atom. The number of thiophene rings is 1. The largest absolute Gasteiger partial charge is 0.338 e. The van der Waals surface area contributed by atoms with Crippen molar-refractivity contribution in [2.75, 3.05) is 18.1 Å². The molecule has 0 bridgehead atoms. The van der Waals surface area contributed by atoms with Crippen molar-refractivity contribution in [1.82, 2.24) is 20.1 Å². The molecule has 10 heteroatoms. The van der Waals surface area contributed by atoms with Gasteiger partial charge in [0, 0.05) is 23.9 Å². The Bertz CT molecular complexity index is 848. The van der Waals surface area contributed by atoms with Gasteiger partial charge in [-0.2, -0.15) is 0 Å². The molecule has 1 saturated heterocycles. The fourth-order valence-corrected chi connectivity index (χ4v) is 6.30. The van der Waals surface area contributed by atoms with Crippen molar-refractivity contribution < 1.29 is 13.2 Å². The number of rotatable bonds is 7. The number of H-pyrrole nitrogens is 1. The molecule has 1 aliphatic rings. The second-order valence-electron chi connectivity index (χ2n) is 6.26. The molecule has 1 aliphatic heterocycles. The van der Waals surface area contributed by atoms with Crippen LogP contribution in [0.1, 0.15) is 31.0 Å². The molecule has 26 heavy (non-hydrogen) atoms. The lowest BCUT2D eigenvalue weighted by Gasteiger charge is -2.29. The normalized spacial score (nSPS) is 20.2. The fourth-order valence-electron chi connectivity index (χ4n) is 3.04. The maximum atomic E-state index is 12.8. The molecule has 0 aliphatic carbocycles. The van der Waals surface area contributed by atoms with Gasteiger partial charge in [-0.05, 0) is 31.7 Å².